The lowest BCUT2D eigenvalue weighted by Gasteiger charge is -2.26. The van der Waals surface area contributed by atoms with Gasteiger partial charge >= 0.3 is 0 Å². The Labute approximate surface area is 179 Å². The number of hydrogen-bond acceptors (Lipinski definition) is 4. The molecule has 1 fully saturated rings. The van der Waals surface area contributed by atoms with Gasteiger partial charge in [-0.2, -0.15) is 4.31 Å². The Bertz CT molecular complexity index is 965. The second-order valence-electron chi connectivity index (χ2n) is 7.54. The summed E-state index contributed by atoms with van der Waals surface area (Å²) in [4.78, 5) is 12.8. The lowest BCUT2D eigenvalue weighted by Crippen LogP contribution is -2.36. The molecule has 0 atom stereocenters. The molecule has 0 saturated carbocycles. The maximum absolute atomic E-state index is 12.9. The Kier molecular flexibility index (Phi) is 7.50. The van der Waals surface area contributed by atoms with E-state index in [1.807, 2.05) is 24.3 Å². The molecule has 0 radical (unpaired) electrons. The first-order chi connectivity index (χ1) is 14.4. The summed E-state index contributed by atoms with van der Waals surface area (Å²) in [7, 11) is -3.57. The van der Waals surface area contributed by atoms with E-state index in [-0.39, 0.29) is 10.8 Å². The summed E-state index contributed by atoms with van der Waals surface area (Å²) < 4.78 is 33.0. The van der Waals surface area contributed by atoms with Gasteiger partial charge in [-0.05, 0) is 61.6 Å². The lowest BCUT2D eigenvalue weighted by atomic mass is 10.1. The smallest absolute Gasteiger partial charge is 0.251 e. The molecule has 3 rings (SSSR count). The third-order valence-corrected chi connectivity index (χ3v) is 7.29. The topological polar surface area (TPSA) is 75.7 Å². The Balaban J connectivity index is 1.60. The van der Waals surface area contributed by atoms with Crippen molar-refractivity contribution < 1.29 is 17.9 Å². The van der Waals surface area contributed by atoms with E-state index in [4.69, 9.17) is 4.74 Å². The normalized spacial score (nSPS) is 15.0. The molecule has 30 heavy (non-hydrogen) atoms. The van der Waals surface area contributed by atoms with Gasteiger partial charge in [0.05, 0.1) is 11.4 Å². The van der Waals surface area contributed by atoms with Crippen LogP contribution in [0.15, 0.2) is 47.4 Å². The molecule has 1 N–H and O–H groups in total. The number of carbonyl (C=O) groups is 1. The van der Waals surface area contributed by atoms with Gasteiger partial charge in [0.1, 0.15) is 12.4 Å². The molecule has 0 bridgehead atoms. The predicted octanol–water partition coefficient (Wildman–Crippen LogP) is 3.54. The molecule has 1 saturated heterocycles. The summed E-state index contributed by atoms with van der Waals surface area (Å²) in [6.45, 7) is 5.64. The largest absolute Gasteiger partial charge is 0.492 e. The monoisotopic (exact) mass is 430 g/mol. The van der Waals surface area contributed by atoms with Crippen LogP contribution in [-0.4, -0.2) is 44.9 Å². The molecule has 1 heterocycles. The minimum absolute atomic E-state index is 0.174. The highest BCUT2D eigenvalue weighted by molar-refractivity contribution is 7.89. The Morgan fingerprint density at radius 2 is 1.77 bits per heavy atom. The maximum Gasteiger partial charge on any atom is 0.251 e. The summed E-state index contributed by atoms with van der Waals surface area (Å²) in [5.41, 5.74) is 2.35. The summed E-state index contributed by atoms with van der Waals surface area (Å²) >= 11 is 0. The van der Waals surface area contributed by atoms with Crippen molar-refractivity contribution in [3.8, 4) is 5.75 Å². The van der Waals surface area contributed by atoms with Crippen molar-refractivity contribution in [1.29, 1.82) is 0 Å². The van der Waals surface area contributed by atoms with Crippen molar-refractivity contribution in [2.45, 2.75) is 44.4 Å². The SMILES string of the molecule is CCc1ccc(OCCNC(=O)c2cc(S(=O)(=O)N3CCCCC3)ccc2C)cc1. The van der Waals surface area contributed by atoms with Gasteiger partial charge in [0.25, 0.3) is 5.91 Å². The number of nitrogens with zero attached hydrogens (tertiary/aromatic N) is 1. The van der Waals surface area contributed by atoms with Gasteiger partial charge in [-0.3, -0.25) is 4.79 Å². The first-order valence-electron chi connectivity index (χ1n) is 10.5. The Morgan fingerprint density at radius 3 is 2.43 bits per heavy atom. The van der Waals surface area contributed by atoms with Gasteiger partial charge in [-0.1, -0.05) is 31.5 Å². The van der Waals surface area contributed by atoms with Crippen molar-refractivity contribution in [3.05, 3.63) is 59.2 Å². The van der Waals surface area contributed by atoms with E-state index in [0.717, 1.165) is 37.0 Å². The van der Waals surface area contributed by atoms with Crippen molar-refractivity contribution in [2.75, 3.05) is 26.2 Å². The number of aryl methyl sites for hydroxylation is 2. The van der Waals surface area contributed by atoms with Gasteiger partial charge in [0.15, 0.2) is 0 Å². The maximum atomic E-state index is 12.9. The van der Waals surface area contributed by atoms with E-state index in [1.165, 1.54) is 15.9 Å². The van der Waals surface area contributed by atoms with E-state index >= 15 is 0 Å². The molecule has 6 nitrogen and oxygen atoms in total. The zero-order chi connectivity index (χ0) is 21.6. The van der Waals surface area contributed by atoms with Crippen LogP contribution in [0.4, 0.5) is 0 Å². The quantitative estimate of drug-likeness (QED) is 0.650. The predicted molar refractivity (Wildman–Crippen MR) is 117 cm³/mol. The average molecular weight is 431 g/mol. The number of amides is 1. The molecule has 1 aliphatic heterocycles. The summed E-state index contributed by atoms with van der Waals surface area (Å²) in [6.07, 6.45) is 3.78. The standard InChI is InChI=1S/C23H30N2O4S/c1-3-19-8-10-20(11-9-19)29-16-13-24-23(26)22-17-21(12-7-18(22)2)30(27,28)25-14-5-4-6-15-25/h7-12,17H,3-6,13-16H2,1-2H3,(H,24,26). The molecular weight excluding hydrogens is 400 g/mol. The van der Waals surface area contributed by atoms with Crippen LogP contribution in [0.5, 0.6) is 5.75 Å². The van der Waals surface area contributed by atoms with E-state index in [0.29, 0.717) is 31.8 Å². The van der Waals surface area contributed by atoms with Crippen LogP contribution in [-0.2, 0) is 16.4 Å². The average Bonchev–Trinajstić information content (AvgIpc) is 2.77. The highest BCUT2D eigenvalue weighted by Crippen LogP contribution is 2.23. The van der Waals surface area contributed by atoms with Crippen LogP contribution in [0.1, 0.15) is 47.7 Å². The van der Waals surface area contributed by atoms with Crippen LogP contribution in [0, 0.1) is 6.92 Å². The number of sulfonamides is 1. The zero-order valence-electron chi connectivity index (χ0n) is 17.7. The molecule has 2 aromatic rings. The molecule has 0 unspecified atom stereocenters. The number of carbonyl (C=O) groups excluding carboxylic acids is 1. The van der Waals surface area contributed by atoms with Crippen LogP contribution in [0.25, 0.3) is 0 Å². The Morgan fingerprint density at radius 1 is 1.07 bits per heavy atom. The molecular formula is C23H30N2O4S. The summed E-state index contributed by atoms with van der Waals surface area (Å²) in [6, 6.07) is 12.6. The fourth-order valence-electron chi connectivity index (χ4n) is 3.51. The molecule has 0 spiro atoms. The van der Waals surface area contributed by atoms with Crippen LogP contribution in [0.2, 0.25) is 0 Å². The number of hydrogen-bond donors (Lipinski definition) is 1. The fourth-order valence-corrected chi connectivity index (χ4v) is 5.05. The molecule has 2 aromatic carbocycles. The van der Waals surface area contributed by atoms with Crippen molar-refractivity contribution >= 4 is 15.9 Å². The number of ether oxygens (including phenoxy) is 1. The molecule has 0 aliphatic carbocycles. The first kappa shape index (κ1) is 22.3. The van der Waals surface area contributed by atoms with Crippen LogP contribution >= 0.6 is 0 Å². The first-order valence-corrected chi connectivity index (χ1v) is 12.0. The number of rotatable bonds is 8. The van der Waals surface area contributed by atoms with E-state index in [9.17, 15) is 13.2 Å². The second-order valence-corrected chi connectivity index (χ2v) is 9.48. The van der Waals surface area contributed by atoms with Gasteiger partial charge in [-0.25, -0.2) is 8.42 Å². The minimum atomic E-state index is -3.57. The summed E-state index contributed by atoms with van der Waals surface area (Å²) in [5, 5.41) is 2.82. The number of benzene rings is 2. The molecule has 7 heteroatoms. The summed E-state index contributed by atoms with van der Waals surface area (Å²) in [5.74, 6) is 0.459. The van der Waals surface area contributed by atoms with Crippen LogP contribution < -0.4 is 10.1 Å². The molecule has 162 valence electrons. The van der Waals surface area contributed by atoms with Gasteiger partial charge < -0.3 is 10.1 Å². The van der Waals surface area contributed by atoms with Crippen molar-refractivity contribution in [3.63, 3.8) is 0 Å². The Hall–Kier alpha value is -2.38. The van der Waals surface area contributed by atoms with Gasteiger partial charge in [0.2, 0.25) is 10.0 Å². The fraction of sp³-hybridized carbons (Fsp3) is 0.435. The van der Waals surface area contributed by atoms with Crippen molar-refractivity contribution in [2.24, 2.45) is 0 Å². The van der Waals surface area contributed by atoms with Crippen molar-refractivity contribution in [1.82, 2.24) is 9.62 Å². The minimum Gasteiger partial charge on any atom is -0.492 e. The third kappa shape index (κ3) is 5.40. The zero-order valence-corrected chi connectivity index (χ0v) is 18.5. The van der Waals surface area contributed by atoms with E-state index in [2.05, 4.69) is 12.2 Å². The number of piperidine rings is 1. The highest BCUT2D eigenvalue weighted by Gasteiger charge is 2.27. The van der Waals surface area contributed by atoms with Crippen LogP contribution in [0.3, 0.4) is 0 Å². The highest BCUT2D eigenvalue weighted by atomic mass is 32.2. The third-order valence-electron chi connectivity index (χ3n) is 5.39. The second kappa shape index (κ2) is 10.1. The molecule has 0 aromatic heterocycles. The number of nitrogens with one attached hydrogen (secondary N) is 1. The van der Waals surface area contributed by atoms with Gasteiger partial charge in [-0.15, -0.1) is 0 Å². The van der Waals surface area contributed by atoms with E-state index < -0.39 is 10.0 Å². The molecule has 1 amide bonds. The lowest BCUT2D eigenvalue weighted by molar-refractivity contribution is 0.0946. The molecule has 1 aliphatic rings. The van der Waals surface area contributed by atoms with Gasteiger partial charge in [0, 0.05) is 18.7 Å². The van der Waals surface area contributed by atoms with E-state index in [1.54, 1.807) is 19.1 Å².